The van der Waals surface area contributed by atoms with E-state index >= 15 is 0 Å². The third-order valence-electron chi connectivity index (χ3n) is 11.5. The second-order valence-electron chi connectivity index (χ2n) is 18.9. The Morgan fingerprint density at radius 2 is 0.887 bits per heavy atom. The number of esters is 2. The van der Waals surface area contributed by atoms with Gasteiger partial charge in [-0.15, -0.1) is 0 Å². The van der Waals surface area contributed by atoms with E-state index in [9.17, 15) is 19.0 Å². The van der Waals surface area contributed by atoms with Crippen LogP contribution in [0.1, 0.15) is 245 Å². The number of phosphoric ester groups is 1. The third-order valence-corrected chi connectivity index (χ3v) is 12.5. The predicted molar refractivity (Wildman–Crippen MR) is 261 cm³/mol. The Balaban J connectivity index is 4.26. The van der Waals surface area contributed by atoms with Crippen molar-refractivity contribution in [3.63, 3.8) is 0 Å². The lowest BCUT2D eigenvalue weighted by Gasteiger charge is -2.24. The highest BCUT2D eigenvalue weighted by atomic mass is 31.2. The predicted octanol–water partition coefficient (Wildman–Crippen LogP) is 15.5. The average Bonchev–Trinajstić information content (AvgIpc) is 3.23. The fraction of sp³-hybridized carbons (Fsp3) is 0.885. The van der Waals surface area contributed by atoms with Crippen LogP contribution in [0.5, 0.6) is 0 Å². The zero-order chi connectivity index (χ0) is 45.7. The second kappa shape index (κ2) is 44.7. The van der Waals surface area contributed by atoms with Crippen molar-refractivity contribution in [2.45, 2.75) is 251 Å². The molecule has 0 heterocycles. The molecule has 1 unspecified atom stereocenters. The molecule has 0 rings (SSSR count). The first-order valence-corrected chi connectivity index (χ1v) is 27.6. The number of likely N-dealkylation sites (N-methyl/N-ethyl adjacent to an activating group) is 1. The van der Waals surface area contributed by atoms with Gasteiger partial charge in [0.25, 0.3) is 0 Å². The van der Waals surface area contributed by atoms with E-state index in [4.69, 9.17) is 18.5 Å². The third kappa shape index (κ3) is 48.0. The zero-order valence-corrected chi connectivity index (χ0v) is 42.3. The quantitative estimate of drug-likeness (QED) is 0.0211. The summed E-state index contributed by atoms with van der Waals surface area (Å²) in [6.45, 7) is 4.42. The first-order valence-electron chi connectivity index (χ1n) is 26.1. The Bertz CT molecular complexity index is 1110. The Morgan fingerprint density at radius 1 is 0.500 bits per heavy atom. The monoisotopic (exact) mass is 899 g/mol. The molecule has 62 heavy (non-hydrogen) atoms. The van der Waals surface area contributed by atoms with Crippen LogP contribution in [0.2, 0.25) is 0 Å². The van der Waals surface area contributed by atoms with Gasteiger partial charge in [0.2, 0.25) is 0 Å². The van der Waals surface area contributed by atoms with Crippen molar-refractivity contribution in [1.29, 1.82) is 0 Å². The van der Waals surface area contributed by atoms with Crippen molar-refractivity contribution in [3.8, 4) is 0 Å². The number of unbranched alkanes of at least 4 members (excludes halogenated alkanes) is 30. The van der Waals surface area contributed by atoms with E-state index in [1.807, 2.05) is 21.1 Å². The molecule has 0 aliphatic carbocycles. The van der Waals surface area contributed by atoms with E-state index < -0.39 is 32.5 Å². The lowest BCUT2D eigenvalue weighted by molar-refractivity contribution is -0.870. The summed E-state index contributed by atoms with van der Waals surface area (Å²) in [5.74, 6) is -0.838. The number of allylic oxidation sites excluding steroid dienone is 4. The summed E-state index contributed by atoms with van der Waals surface area (Å²) in [7, 11) is 1.47. The number of rotatable bonds is 48. The van der Waals surface area contributed by atoms with Crippen LogP contribution in [-0.2, 0) is 32.7 Å². The smallest absolute Gasteiger partial charge is 0.462 e. The maximum atomic E-state index is 12.8. The lowest BCUT2D eigenvalue weighted by Crippen LogP contribution is -2.37. The van der Waals surface area contributed by atoms with Crippen LogP contribution in [0.3, 0.4) is 0 Å². The molecule has 0 aliphatic heterocycles. The SMILES string of the molecule is CCCCCCCCCCC/C=C/C/C=C/CCCC(=O)OC[C@H](COP(=O)(O)OCC[N+](C)(C)C)OC(=O)CCCCCCCCCCCCCCCCCCCCCCC. The van der Waals surface area contributed by atoms with E-state index in [1.165, 1.54) is 173 Å². The first-order chi connectivity index (χ1) is 30.0. The number of quaternary nitrogens is 1. The fourth-order valence-electron chi connectivity index (χ4n) is 7.41. The van der Waals surface area contributed by atoms with Crippen molar-refractivity contribution in [3.05, 3.63) is 24.3 Å². The highest BCUT2D eigenvalue weighted by Crippen LogP contribution is 2.43. The number of phosphoric acid groups is 1. The molecule has 0 aromatic carbocycles. The van der Waals surface area contributed by atoms with Crippen LogP contribution in [-0.4, -0.2) is 74.9 Å². The van der Waals surface area contributed by atoms with E-state index in [2.05, 4.69) is 38.2 Å². The number of carbonyl (C=O) groups excluding carboxylic acids is 2. The highest BCUT2D eigenvalue weighted by molar-refractivity contribution is 7.47. The molecule has 9 nitrogen and oxygen atoms in total. The van der Waals surface area contributed by atoms with Crippen molar-refractivity contribution in [2.24, 2.45) is 0 Å². The van der Waals surface area contributed by atoms with Crippen molar-refractivity contribution >= 4 is 19.8 Å². The van der Waals surface area contributed by atoms with E-state index in [0.29, 0.717) is 23.9 Å². The van der Waals surface area contributed by atoms with E-state index in [0.717, 1.165) is 32.1 Å². The van der Waals surface area contributed by atoms with Crippen LogP contribution in [0, 0.1) is 0 Å². The van der Waals surface area contributed by atoms with Crippen LogP contribution >= 0.6 is 7.82 Å². The molecule has 0 aromatic heterocycles. The van der Waals surface area contributed by atoms with Gasteiger partial charge in [0, 0.05) is 12.8 Å². The molecule has 0 saturated carbocycles. The number of nitrogens with zero attached hydrogens (tertiary/aromatic N) is 1. The molecule has 0 aliphatic rings. The van der Waals surface area contributed by atoms with Crippen LogP contribution < -0.4 is 0 Å². The standard InChI is InChI=1S/C52H100NO8P/c1-6-8-10-12-14-16-18-20-22-24-25-26-27-29-31-33-35-37-39-41-43-45-52(55)61-50(49-60-62(56,57)59-47-46-53(3,4)5)48-58-51(54)44-42-40-38-36-34-32-30-28-23-21-19-17-15-13-11-9-7-2/h30,32,36,38,50H,6-29,31,33-35,37,39-49H2,1-5H3/p+1/b32-30+,38-36+/t50-/m1/s1. The summed E-state index contributed by atoms with van der Waals surface area (Å²) in [5, 5.41) is 0. The van der Waals surface area contributed by atoms with Crippen LogP contribution in [0.15, 0.2) is 24.3 Å². The van der Waals surface area contributed by atoms with Gasteiger partial charge in [-0.05, 0) is 38.5 Å². The Morgan fingerprint density at radius 3 is 1.32 bits per heavy atom. The van der Waals surface area contributed by atoms with Crippen LogP contribution in [0.4, 0.5) is 0 Å². The second-order valence-corrected chi connectivity index (χ2v) is 20.4. The van der Waals surface area contributed by atoms with Crippen molar-refractivity contribution in [1.82, 2.24) is 0 Å². The molecule has 366 valence electrons. The van der Waals surface area contributed by atoms with Gasteiger partial charge in [-0.1, -0.05) is 218 Å². The first kappa shape index (κ1) is 60.5. The maximum absolute atomic E-state index is 12.8. The van der Waals surface area contributed by atoms with Gasteiger partial charge in [-0.2, -0.15) is 0 Å². The lowest BCUT2D eigenvalue weighted by atomic mass is 10.0. The summed E-state index contributed by atoms with van der Waals surface area (Å²) >= 11 is 0. The summed E-state index contributed by atoms with van der Waals surface area (Å²) < 4.78 is 34.4. The van der Waals surface area contributed by atoms with Gasteiger partial charge in [-0.3, -0.25) is 18.6 Å². The van der Waals surface area contributed by atoms with Crippen molar-refractivity contribution in [2.75, 3.05) is 47.5 Å². The normalized spacial score (nSPS) is 13.6. The minimum atomic E-state index is -4.39. The number of hydrogen-bond donors (Lipinski definition) is 1. The molecule has 0 fully saturated rings. The molecule has 1 N–H and O–H groups in total. The van der Waals surface area contributed by atoms with Gasteiger partial charge in [-0.25, -0.2) is 4.57 Å². The number of ether oxygens (including phenoxy) is 2. The number of hydrogen-bond acceptors (Lipinski definition) is 7. The number of carbonyl (C=O) groups is 2. The summed E-state index contributed by atoms with van der Waals surface area (Å²) in [4.78, 5) is 35.5. The van der Waals surface area contributed by atoms with Gasteiger partial charge in [0.05, 0.1) is 27.7 Å². The molecular weight excluding hydrogens is 798 g/mol. The molecule has 0 saturated heterocycles. The van der Waals surface area contributed by atoms with E-state index in [-0.39, 0.29) is 26.1 Å². The molecule has 0 radical (unpaired) electrons. The average molecular weight is 899 g/mol. The zero-order valence-electron chi connectivity index (χ0n) is 41.4. The largest absolute Gasteiger partial charge is 0.472 e. The fourth-order valence-corrected chi connectivity index (χ4v) is 8.15. The van der Waals surface area contributed by atoms with Gasteiger partial charge in [0.1, 0.15) is 19.8 Å². The van der Waals surface area contributed by atoms with Gasteiger partial charge >= 0.3 is 19.8 Å². The van der Waals surface area contributed by atoms with Crippen molar-refractivity contribution < 1.29 is 42.1 Å². The molecule has 0 bridgehead atoms. The minimum Gasteiger partial charge on any atom is -0.462 e. The molecule has 10 heteroatoms. The van der Waals surface area contributed by atoms with Gasteiger partial charge in [0.15, 0.2) is 6.10 Å². The highest BCUT2D eigenvalue weighted by Gasteiger charge is 2.27. The molecule has 0 amide bonds. The Kier molecular flexibility index (Phi) is 43.6. The summed E-state index contributed by atoms with van der Waals surface area (Å²) in [6.07, 6.45) is 51.0. The minimum absolute atomic E-state index is 0.0281. The van der Waals surface area contributed by atoms with E-state index in [1.54, 1.807) is 0 Å². The van der Waals surface area contributed by atoms with Gasteiger partial charge < -0.3 is 18.9 Å². The molecule has 2 atom stereocenters. The van der Waals surface area contributed by atoms with Crippen LogP contribution in [0.25, 0.3) is 0 Å². The Hall–Kier alpha value is -1.51. The summed E-state index contributed by atoms with van der Waals surface area (Å²) in [6, 6.07) is 0. The maximum Gasteiger partial charge on any atom is 0.472 e. The molecular formula is C52H101NO8P+. The Labute approximate surface area is 383 Å². The molecule has 0 aromatic rings. The molecule has 0 spiro atoms. The topological polar surface area (TPSA) is 108 Å². The summed E-state index contributed by atoms with van der Waals surface area (Å²) in [5.41, 5.74) is 0.